The SMILES string of the molecule is COC(=O)C(O)C1(c2ccncc2Br)CC1. The van der Waals surface area contributed by atoms with Crippen LogP contribution >= 0.6 is 15.9 Å². The lowest BCUT2D eigenvalue weighted by Gasteiger charge is -2.21. The van der Waals surface area contributed by atoms with Gasteiger partial charge >= 0.3 is 5.97 Å². The fourth-order valence-electron chi connectivity index (χ4n) is 1.94. The van der Waals surface area contributed by atoms with E-state index in [1.807, 2.05) is 6.07 Å². The summed E-state index contributed by atoms with van der Waals surface area (Å²) in [5, 5.41) is 9.97. The normalized spacial score (nSPS) is 18.9. The third kappa shape index (κ3) is 1.74. The largest absolute Gasteiger partial charge is 0.467 e. The summed E-state index contributed by atoms with van der Waals surface area (Å²) in [5.41, 5.74) is 0.426. The van der Waals surface area contributed by atoms with E-state index in [0.717, 1.165) is 22.9 Å². The van der Waals surface area contributed by atoms with E-state index in [-0.39, 0.29) is 0 Å². The fourth-order valence-corrected chi connectivity index (χ4v) is 2.59. The highest BCUT2D eigenvalue weighted by Gasteiger charge is 2.54. The number of pyridine rings is 1. The van der Waals surface area contributed by atoms with Gasteiger partial charge in [0.05, 0.1) is 7.11 Å². The molecule has 1 aromatic heterocycles. The summed E-state index contributed by atoms with van der Waals surface area (Å²) in [4.78, 5) is 15.3. The maximum atomic E-state index is 11.4. The summed E-state index contributed by atoms with van der Waals surface area (Å²) >= 11 is 3.39. The van der Waals surface area contributed by atoms with Crippen LogP contribution in [0.15, 0.2) is 22.9 Å². The smallest absolute Gasteiger partial charge is 0.335 e. The number of carbonyl (C=O) groups is 1. The van der Waals surface area contributed by atoms with Gasteiger partial charge in [0.15, 0.2) is 6.10 Å². The Kier molecular flexibility index (Phi) is 2.99. The van der Waals surface area contributed by atoms with Crippen molar-refractivity contribution < 1.29 is 14.6 Å². The quantitative estimate of drug-likeness (QED) is 0.853. The van der Waals surface area contributed by atoms with Crippen molar-refractivity contribution in [3.63, 3.8) is 0 Å². The first-order chi connectivity index (χ1) is 7.62. The van der Waals surface area contributed by atoms with E-state index in [1.165, 1.54) is 7.11 Å². The molecule has 0 saturated heterocycles. The van der Waals surface area contributed by atoms with Crippen LogP contribution in [0.2, 0.25) is 0 Å². The molecule has 1 N–H and O–H groups in total. The molecule has 1 aliphatic carbocycles. The number of methoxy groups -OCH3 is 1. The van der Waals surface area contributed by atoms with Crippen LogP contribution in [0, 0.1) is 0 Å². The Labute approximate surface area is 102 Å². The Hall–Kier alpha value is -0.940. The first-order valence-corrected chi connectivity index (χ1v) is 5.77. The Morgan fingerprint density at radius 3 is 2.88 bits per heavy atom. The molecule has 0 aromatic carbocycles. The number of aromatic nitrogens is 1. The zero-order valence-corrected chi connectivity index (χ0v) is 10.4. The summed E-state index contributed by atoms with van der Waals surface area (Å²) in [6.45, 7) is 0. The number of nitrogens with zero attached hydrogens (tertiary/aromatic N) is 1. The molecule has 0 spiro atoms. The van der Waals surface area contributed by atoms with Gasteiger partial charge in [0.25, 0.3) is 0 Å². The molecule has 1 aliphatic rings. The number of esters is 1. The van der Waals surface area contributed by atoms with Crippen molar-refractivity contribution in [2.75, 3.05) is 7.11 Å². The highest BCUT2D eigenvalue weighted by atomic mass is 79.9. The lowest BCUT2D eigenvalue weighted by atomic mass is 9.91. The molecule has 4 nitrogen and oxygen atoms in total. The molecular weight excluding hydrogens is 274 g/mol. The summed E-state index contributed by atoms with van der Waals surface area (Å²) in [5.74, 6) is -0.582. The minimum Gasteiger partial charge on any atom is -0.467 e. The highest BCUT2D eigenvalue weighted by Crippen LogP contribution is 2.53. The Balaban J connectivity index is 2.33. The molecule has 1 fully saturated rings. The second-order valence-corrected chi connectivity index (χ2v) is 4.79. The minimum absolute atomic E-state index is 0.491. The van der Waals surface area contributed by atoms with E-state index in [1.54, 1.807) is 12.4 Å². The van der Waals surface area contributed by atoms with Gasteiger partial charge < -0.3 is 9.84 Å². The maximum Gasteiger partial charge on any atom is 0.335 e. The zero-order valence-electron chi connectivity index (χ0n) is 8.81. The number of aliphatic hydroxyl groups excluding tert-OH is 1. The fraction of sp³-hybridized carbons (Fsp3) is 0.455. The van der Waals surface area contributed by atoms with Crippen molar-refractivity contribution in [2.24, 2.45) is 0 Å². The Morgan fingerprint density at radius 1 is 1.69 bits per heavy atom. The molecule has 0 amide bonds. The maximum absolute atomic E-state index is 11.4. The third-order valence-electron chi connectivity index (χ3n) is 3.05. The van der Waals surface area contributed by atoms with E-state index < -0.39 is 17.5 Å². The number of hydrogen-bond donors (Lipinski definition) is 1. The van der Waals surface area contributed by atoms with E-state index in [4.69, 9.17) is 0 Å². The lowest BCUT2D eigenvalue weighted by molar-refractivity contribution is -0.152. The first-order valence-electron chi connectivity index (χ1n) is 4.98. The number of carbonyl (C=O) groups excluding carboxylic acids is 1. The molecular formula is C11H12BrNO3. The Bertz CT molecular complexity index is 417. The molecule has 1 heterocycles. The number of halogens is 1. The van der Waals surface area contributed by atoms with Crippen LogP contribution in [0.5, 0.6) is 0 Å². The number of hydrogen-bond acceptors (Lipinski definition) is 4. The number of ether oxygens (including phenoxy) is 1. The minimum atomic E-state index is -1.10. The van der Waals surface area contributed by atoms with E-state index in [2.05, 4.69) is 25.7 Å². The van der Waals surface area contributed by atoms with Gasteiger partial charge in [-0.05, 0) is 40.4 Å². The molecule has 1 saturated carbocycles. The standard InChI is InChI=1S/C11H12BrNO3/c1-16-10(15)9(14)11(3-4-11)7-2-5-13-6-8(7)12/h2,5-6,9,14H,3-4H2,1H3. The molecule has 16 heavy (non-hydrogen) atoms. The third-order valence-corrected chi connectivity index (χ3v) is 3.68. The zero-order chi connectivity index (χ0) is 11.8. The molecule has 0 radical (unpaired) electrons. The molecule has 5 heteroatoms. The predicted molar refractivity (Wildman–Crippen MR) is 60.9 cm³/mol. The van der Waals surface area contributed by atoms with Gasteiger partial charge in [-0.15, -0.1) is 0 Å². The molecule has 1 unspecified atom stereocenters. The second kappa shape index (κ2) is 4.14. The van der Waals surface area contributed by atoms with Crippen LogP contribution in [0.4, 0.5) is 0 Å². The molecule has 0 bridgehead atoms. The number of rotatable bonds is 3. The topological polar surface area (TPSA) is 59.4 Å². The average Bonchev–Trinajstić information content (AvgIpc) is 3.09. The van der Waals surface area contributed by atoms with Crippen LogP contribution in [-0.4, -0.2) is 29.3 Å². The summed E-state index contributed by atoms with van der Waals surface area (Å²) < 4.78 is 5.40. The van der Waals surface area contributed by atoms with Crippen molar-refractivity contribution in [3.05, 3.63) is 28.5 Å². The van der Waals surface area contributed by atoms with Gasteiger partial charge in [0.2, 0.25) is 0 Å². The monoisotopic (exact) mass is 285 g/mol. The molecule has 86 valence electrons. The highest BCUT2D eigenvalue weighted by molar-refractivity contribution is 9.10. The summed E-state index contributed by atoms with van der Waals surface area (Å²) in [6, 6.07) is 1.82. The van der Waals surface area contributed by atoms with Crippen molar-refractivity contribution in [2.45, 2.75) is 24.4 Å². The Morgan fingerprint density at radius 2 is 2.38 bits per heavy atom. The van der Waals surface area contributed by atoms with Crippen LogP contribution in [0.25, 0.3) is 0 Å². The van der Waals surface area contributed by atoms with Gasteiger partial charge in [-0.25, -0.2) is 4.79 Å². The van der Waals surface area contributed by atoms with Crippen molar-refractivity contribution in [1.82, 2.24) is 4.98 Å². The summed E-state index contributed by atoms with van der Waals surface area (Å²) in [7, 11) is 1.28. The van der Waals surface area contributed by atoms with Crippen molar-refractivity contribution in [1.29, 1.82) is 0 Å². The second-order valence-electron chi connectivity index (χ2n) is 3.94. The average molecular weight is 286 g/mol. The van der Waals surface area contributed by atoms with Crippen molar-refractivity contribution >= 4 is 21.9 Å². The number of aliphatic hydroxyl groups is 1. The lowest BCUT2D eigenvalue weighted by Crippen LogP contribution is -2.35. The van der Waals surface area contributed by atoms with E-state index >= 15 is 0 Å². The molecule has 0 aliphatic heterocycles. The molecule has 2 rings (SSSR count). The van der Waals surface area contributed by atoms with Crippen LogP contribution in [0.1, 0.15) is 18.4 Å². The van der Waals surface area contributed by atoms with Crippen molar-refractivity contribution in [3.8, 4) is 0 Å². The molecule has 1 atom stereocenters. The van der Waals surface area contributed by atoms with Crippen LogP contribution < -0.4 is 0 Å². The van der Waals surface area contributed by atoms with E-state index in [0.29, 0.717) is 0 Å². The van der Waals surface area contributed by atoms with Crippen LogP contribution in [0.3, 0.4) is 0 Å². The van der Waals surface area contributed by atoms with Gasteiger partial charge in [-0.3, -0.25) is 4.98 Å². The molecule has 1 aromatic rings. The van der Waals surface area contributed by atoms with Crippen LogP contribution in [-0.2, 0) is 14.9 Å². The van der Waals surface area contributed by atoms with E-state index in [9.17, 15) is 9.90 Å². The predicted octanol–water partition coefficient (Wildman–Crippen LogP) is 1.41. The van der Waals surface area contributed by atoms with Gasteiger partial charge in [0.1, 0.15) is 0 Å². The van der Waals surface area contributed by atoms with Gasteiger partial charge in [-0.2, -0.15) is 0 Å². The first kappa shape index (κ1) is 11.5. The van der Waals surface area contributed by atoms with Gasteiger partial charge in [0, 0.05) is 22.3 Å². The summed E-state index contributed by atoms with van der Waals surface area (Å²) in [6.07, 6.45) is 3.79. The van der Waals surface area contributed by atoms with Gasteiger partial charge in [-0.1, -0.05) is 0 Å².